The van der Waals surface area contributed by atoms with Crippen molar-refractivity contribution in [3.8, 4) is 0 Å². The monoisotopic (exact) mass is 321 g/mol. The van der Waals surface area contributed by atoms with E-state index < -0.39 is 15.8 Å². The Morgan fingerprint density at radius 1 is 1.55 bits per heavy atom. The van der Waals surface area contributed by atoms with Crippen LogP contribution in [0.4, 0.5) is 10.1 Å². The number of rotatable bonds is 4. The molecule has 5 nitrogen and oxygen atoms in total. The fourth-order valence-corrected chi connectivity index (χ4v) is 3.91. The van der Waals surface area contributed by atoms with Gasteiger partial charge in [0.15, 0.2) is 0 Å². The van der Waals surface area contributed by atoms with Gasteiger partial charge in [0.25, 0.3) is 0 Å². The minimum Gasteiger partial charge on any atom is -0.396 e. The molecule has 112 valence electrons. The van der Waals surface area contributed by atoms with Crippen LogP contribution in [-0.4, -0.2) is 40.0 Å². The average Bonchev–Trinajstić information content (AvgIpc) is 2.77. The highest BCUT2D eigenvalue weighted by Gasteiger charge is 2.24. The zero-order valence-electron chi connectivity index (χ0n) is 11.1. The Hall–Kier alpha value is -0.890. The van der Waals surface area contributed by atoms with Gasteiger partial charge in [0.2, 0.25) is 10.0 Å². The summed E-state index contributed by atoms with van der Waals surface area (Å²) in [7, 11) is -1.79. The van der Waals surface area contributed by atoms with E-state index in [0.29, 0.717) is 6.54 Å². The summed E-state index contributed by atoms with van der Waals surface area (Å²) in [6, 6.07) is 1.95. The fraction of sp³-hybridized carbons (Fsp3) is 0.500. The van der Waals surface area contributed by atoms with Crippen molar-refractivity contribution in [1.29, 1.82) is 0 Å². The number of nitrogens with one attached hydrogen (secondary N) is 1. The first-order valence-corrected chi connectivity index (χ1v) is 8.08. The summed E-state index contributed by atoms with van der Waals surface area (Å²) in [5.41, 5.74) is 5.15. The Bertz CT molecular complexity index is 609. The van der Waals surface area contributed by atoms with Crippen LogP contribution < -0.4 is 10.5 Å². The Labute approximate surface area is 122 Å². The number of likely N-dealkylation sites (tertiary alicyclic amines) is 1. The number of nitrogen functional groups attached to an aromatic ring is 1. The normalized spacial score (nSPS) is 20.4. The minimum atomic E-state index is -3.78. The fourth-order valence-electron chi connectivity index (χ4n) is 2.25. The van der Waals surface area contributed by atoms with E-state index in [0.717, 1.165) is 31.6 Å². The van der Waals surface area contributed by atoms with Crippen molar-refractivity contribution in [2.24, 2.45) is 5.92 Å². The van der Waals surface area contributed by atoms with Gasteiger partial charge in [-0.15, -0.1) is 0 Å². The molecule has 0 aromatic heterocycles. The van der Waals surface area contributed by atoms with Crippen LogP contribution in [0.25, 0.3) is 0 Å². The molecule has 1 saturated heterocycles. The summed E-state index contributed by atoms with van der Waals surface area (Å²) in [6.45, 7) is 2.14. The molecule has 1 heterocycles. The molecule has 1 atom stereocenters. The van der Waals surface area contributed by atoms with E-state index in [9.17, 15) is 12.8 Å². The van der Waals surface area contributed by atoms with E-state index >= 15 is 0 Å². The molecule has 1 aliphatic heterocycles. The van der Waals surface area contributed by atoms with Gasteiger partial charge >= 0.3 is 0 Å². The van der Waals surface area contributed by atoms with E-state index in [-0.39, 0.29) is 21.5 Å². The second-order valence-electron chi connectivity index (χ2n) is 5.07. The lowest BCUT2D eigenvalue weighted by Gasteiger charge is -2.13. The molecular weight excluding hydrogens is 305 g/mol. The molecule has 8 heteroatoms. The Kier molecular flexibility index (Phi) is 4.53. The van der Waals surface area contributed by atoms with Gasteiger partial charge in [-0.25, -0.2) is 17.5 Å². The number of hydrogen-bond donors (Lipinski definition) is 2. The van der Waals surface area contributed by atoms with Gasteiger partial charge in [0.1, 0.15) is 10.7 Å². The van der Waals surface area contributed by atoms with E-state index in [1.54, 1.807) is 0 Å². The number of halogens is 2. The van der Waals surface area contributed by atoms with Crippen molar-refractivity contribution in [3.05, 3.63) is 23.0 Å². The molecule has 20 heavy (non-hydrogen) atoms. The van der Waals surface area contributed by atoms with Crippen molar-refractivity contribution in [2.75, 3.05) is 32.4 Å². The number of sulfonamides is 1. The standard InChI is InChI=1S/C12H17ClFN3O2S/c1-17-3-2-8(7-17)6-16-20(18,19)12-5-11(15)10(14)4-9(12)13/h4-5,8,16H,2-3,6-7,15H2,1H3. The quantitative estimate of drug-likeness (QED) is 0.819. The summed E-state index contributed by atoms with van der Waals surface area (Å²) in [6.07, 6.45) is 0.943. The highest BCUT2D eigenvalue weighted by atomic mass is 35.5. The number of nitrogens with two attached hydrogens (primary N) is 1. The minimum absolute atomic E-state index is 0.173. The van der Waals surface area contributed by atoms with Crippen LogP contribution in [0.15, 0.2) is 17.0 Å². The van der Waals surface area contributed by atoms with E-state index in [1.165, 1.54) is 0 Å². The van der Waals surface area contributed by atoms with E-state index in [4.69, 9.17) is 17.3 Å². The molecular formula is C12H17ClFN3O2S. The van der Waals surface area contributed by atoms with Crippen molar-refractivity contribution >= 4 is 27.3 Å². The molecule has 3 N–H and O–H groups in total. The summed E-state index contributed by atoms with van der Waals surface area (Å²) in [4.78, 5) is 1.95. The molecule has 1 unspecified atom stereocenters. The molecule has 0 saturated carbocycles. The highest BCUT2D eigenvalue weighted by molar-refractivity contribution is 7.89. The van der Waals surface area contributed by atoms with Crippen LogP contribution >= 0.6 is 11.6 Å². The topological polar surface area (TPSA) is 75.4 Å². The van der Waals surface area contributed by atoms with Crippen LogP contribution in [0.2, 0.25) is 5.02 Å². The molecule has 0 bridgehead atoms. The summed E-state index contributed by atoms with van der Waals surface area (Å²) < 4.78 is 40.0. The number of hydrogen-bond acceptors (Lipinski definition) is 4. The third kappa shape index (κ3) is 3.41. The van der Waals surface area contributed by atoms with Crippen LogP contribution in [0, 0.1) is 11.7 Å². The molecule has 1 fully saturated rings. The van der Waals surface area contributed by atoms with Crippen molar-refractivity contribution in [2.45, 2.75) is 11.3 Å². The maximum absolute atomic E-state index is 13.2. The van der Waals surface area contributed by atoms with Crippen LogP contribution in [-0.2, 0) is 10.0 Å². The Balaban J connectivity index is 2.12. The maximum atomic E-state index is 13.2. The number of nitrogens with zero attached hydrogens (tertiary/aromatic N) is 1. The summed E-state index contributed by atoms with van der Waals surface area (Å²) in [5.74, 6) is -0.460. The number of anilines is 1. The van der Waals surface area contributed by atoms with Crippen molar-refractivity contribution in [3.63, 3.8) is 0 Å². The van der Waals surface area contributed by atoms with Gasteiger partial charge in [-0.3, -0.25) is 0 Å². The molecule has 1 aromatic rings. The lowest BCUT2D eigenvalue weighted by Crippen LogP contribution is -2.30. The van der Waals surface area contributed by atoms with Crippen LogP contribution in [0.1, 0.15) is 6.42 Å². The summed E-state index contributed by atoms with van der Waals surface area (Å²) >= 11 is 5.78. The second kappa shape index (κ2) is 5.85. The predicted octanol–water partition coefficient (Wildman–Crippen LogP) is 1.29. The van der Waals surface area contributed by atoms with Gasteiger partial charge < -0.3 is 10.6 Å². The summed E-state index contributed by atoms with van der Waals surface area (Å²) in [5, 5.41) is -0.173. The predicted molar refractivity (Wildman–Crippen MR) is 76.6 cm³/mol. The van der Waals surface area contributed by atoms with Crippen LogP contribution in [0.3, 0.4) is 0 Å². The third-order valence-electron chi connectivity index (χ3n) is 3.39. The first-order chi connectivity index (χ1) is 9.29. The first-order valence-electron chi connectivity index (χ1n) is 6.22. The van der Waals surface area contributed by atoms with Gasteiger partial charge in [0, 0.05) is 13.1 Å². The number of benzene rings is 1. The van der Waals surface area contributed by atoms with Crippen LogP contribution in [0.5, 0.6) is 0 Å². The largest absolute Gasteiger partial charge is 0.396 e. The molecule has 1 aliphatic rings. The first kappa shape index (κ1) is 15.5. The molecule has 0 spiro atoms. The average molecular weight is 322 g/mol. The van der Waals surface area contributed by atoms with Gasteiger partial charge in [-0.05, 0) is 38.1 Å². The zero-order valence-corrected chi connectivity index (χ0v) is 12.6. The molecule has 0 amide bonds. The smallest absolute Gasteiger partial charge is 0.242 e. The molecule has 0 aliphatic carbocycles. The van der Waals surface area contributed by atoms with Gasteiger partial charge in [-0.1, -0.05) is 11.6 Å². The molecule has 0 radical (unpaired) electrons. The molecule has 2 rings (SSSR count). The van der Waals surface area contributed by atoms with Crippen molar-refractivity contribution in [1.82, 2.24) is 9.62 Å². The SMILES string of the molecule is CN1CCC(CNS(=O)(=O)c2cc(N)c(F)cc2Cl)C1. The van der Waals surface area contributed by atoms with Crippen molar-refractivity contribution < 1.29 is 12.8 Å². The van der Waals surface area contributed by atoms with Gasteiger partial charge in [-0.2, -0.15) is 0 Å². The van der Waals surface area contributed by atoms with E-state index in [2.05, 4.69) is 9.62 Å². The lowest BCUT2D eigenvalue weighted by atomic mass is 10.1. The zero-order chi connectivity index (χ0) is 14.9. The molecule has 1 aromatic carbocycles. The van der Waals surface area contributed by atoms with Gasteiger partial charge in [0.05, 0.1) is 10.7 Å². The Morgan fingerprint density at radius 3 is 2.85 bits per heavy atom. The third-order valence-corrected chi connectivity index (χ3v) is 5.28. The Morgan fingerprint density at radius 2 is 2.25 bits per heavy atom. The lowest BCUT2D eigenvalue weighted by molar-refractivity contribution is 0.394. The second-order valence-corrected chi connectivity index (χ2v) is 7.22. The highest BCUT2D eigenvalue weighted by Crippen LogP contribution is 2.26. The maximum Gasteiger partial charge on any atom is 0.242 e. The van der Waals surface area contributed by atoms with E-state index in [1.807, 2.05) is 7.05 Å².